The first-order valence-electron chi connectivity index (χ1n) is 10.9. The number of unbranched alkanes of at least 4 members (excludes halogenated alkanes) is 7. The van der Waals surface area contributed by atoms with Crippen molar-refractivity contribution in [2.75, 3.05) is 6.54 Å². The van der Waals surface area contributed by atoms with Crippen molar-refractivity contribution in [3.63, 3.8) is 0 Å². The molecule has 3 rings (SSSR count). The van der Waals surface area contributed by atoms with Gasteiger partial charge in [-0.25, -0.2) is 0 Å². The lowest BCUT2D eigenvalue weighted by molar-refractivity contribution is -0.138. The molecular weight excluding hydrogens is 366 g/mol. The van der Waals surface area contributed by atoms with Crippen molar-refractivity contribution in [2.24, 2.45) is 0 Å². The zero-order valence-corrected chi connectivity index (χ0v) is 17.4. The van der Waals surface area contributed by atoms with E-state index in [2.05, 4.69) is 17.1 Å². The Morgan fingerprint density at radius 1 is 0.828 bits per heavy atom. The van der Waals surface area contributed by atoms with Crippen LogP contribution >= 0.6 is 0 Å². The number of hydrogen-bond acceptors (Lipinski definition) is 5. The molecule has 2 heterocycles. The van der Waals surface area contributed by atoms with Crippen molar-refractivity contribution in [3.05, 3.63) is 35.7 Å². The first-order chi connectivity index (χ1) is 14.1. The van der Waals surface area contributed by atoms with Gasteiger partial charge in [0.15, 0.2) is 0 Å². The van der Waals surface area contributed by atoms with Crippen LogP contribution in [0.2, 0.25) is 0 Å². The molecule has 29 heavy (non-hydrogen) atoms. The van der Waals surface area contributed by atoms with Crippen LogP contribution in [0.3, 0.4) is 0 Å². The Kier molecular flexibility index (Phi) is 7.96. The number of amides is 2. The van der Waals surface area contributed by atoms with Gasteiger partial charge in [-0.15, -0.1) is 10.2 Å². The molecule has 0 atom stereocenters. The third-order valence-corrected chi connectivity index (χ3v) is 5.44. The van der Waals surface area contributed by atoms with Crippen LogP contribution in [0.25, 0.3) is 11.5 Å². The van der Waals surface area contributed by atoms with Gasteiger partial charge in [-0.3, -0.25) is 14.5 Å². The number of rotatable bonds is 12. The van der Waals surface area contributed by atoms with Crippen molar-refractivity contribution in [2.45, 2.75) is 77.6 Å². The van der Waals surface area contributed by atoms with E-state index in [4.69, 9.17) is 4.42 Å². The molecule has 0 radical (unpaired) electrons. The van der Waals surface area contributed by atoms with E-state index in [1.165, 1.54) is 42.6 Å². The van der Waals surface area contributed by atoms with Gasteiger partial charge >= 0.3 is 0 Å². The molecule has 0 bridgehead atoms. The van der Waals surface area contributed by atoms with Crippen molar-refractivity contribution in [3.8, 4) is 11.5 Å². The summed E-state index contributed by atoms with van der Waals surface area (Å²) in [4.78, 5) is 24.5. The molecule has 1 aromatic carbocycles. The molecular formula is C23H31N3O3. The summed E-state index contributed by atoms with van der Waals surface area (Å²) in [6, 6.07) is 8.11. The van der Waals surface area contributed by atoms with E-state index in [1.54, 1.807) is 0 Å². The van der Waals surface area contributed by atoms with Crippen molar-refractivity contribution < 1.29 is 14.0 Å². The molecule has 0 unspecified atom stereocenters. The minimum atomic E-state index is 0.00207. The molecule has 0 N–H and O–H groups in total. The normalized spacial score (nSPS) is 14.2. The Hall–Kier alpha value is -2.50. The third-order valence-electron chi connectivity index (χ3n) is 5.44. The average Bonchev–Trinajstić information content (AvgIpc) is 3.31. The molecule has 1 fully saturated rings. The number of hydrogen-bond donors (Lipinski definition) is 0. The van der Waals surface area contributed by atoms with Crippen molar-refractivity contribution in [1.29, 1.82) is 0 Å². The predicted octanol–water partition coefficient (Wildman–Crippen LogP) is 4.86. The van der Waals surface area contributed by atoms with E-state index >= 15 is 0 Å². The number of imide groups is 1. The Balaban J connectivity index is 1.20. The molecule has 1 saturated heterocycles. The van der Waals surface area contributed by atoms with E-state index in [0.29, 0.717) is 31.2 Å². The highest BCUT2D eigenvalue weighted by Crippen LogP contribution is 2.19. The number of carbonyl (C=O) groups excluding carboxylic acids is 2. The molecule has 156 valence electrons. The van der Waals surface area contributed by atoms with Crippen LogP contribution in [0.5, 0.6) is 0 Å². The summed E-state index contributed by atoms with van der Waals surface area (Å²) in [6.07, 6.45) is 10.7. The van der Waals surface area contributed by atoms with Gasteiger partial charge in [0.05, 0.1) is 0 Å². The predicted molar refractivity (Wildman–Crippen MR) is 111 cm³/mol. The van der Waals surface area contributed by atoms with Gasteiger partial charge in [0, 0.05) is 31.4 Å². The van der Waals surface area contributed by atoms with Crippen LogP contribution in [0, 0.1) is 6.92 Å². The second-order valence-electron chi connectivity index (χ2n) is 7.88. The highest BCUT2D eigenvalue weighted by atomic mass is 16.4. The number of aromatic nitrogens is 2. The maximum atomic E-state index is 11.5. The first-order valence-corrected chi connectivity index (χ1v) is 10.9. The van der Waals surface area contributed by atoms with Gasteiger partial charge in [-0.05, 0) is 31.9 Å². The Morgan fingerprint density at radius 3 is 2.07 bits per heavy atom. The summed E-state index contributed by atoms with van der Waals surface area (Å²) < 4.78 is 5.76. The number of benzene rings is 1. The Labute approximate surface area is 172 Å². The maximum absolute atomic E-state index is 11.5. The lowest BCUT2D eigenvalue weighted by Crippen LogP contribution is -2.29. The summed E-state index contributed by atoms with van der Waals surface area (Å²) in [5.74, 6) is 1.31. The van der Waals surface area contributed by atoms with Crippen LogP contribution in [0.15, 0.2) is 28.7 Å². The lowest BCUT2D eigenvalue weighted by Gasteiger charge is -2.12. The quantitative estimate of drug-likeness (QED) is 0.378. The molecule has 1 aliphatic rings. The first kappa shape index (κ1) is 21.2. The second kappa shape index (κ2) is 10.9. The van der Waals surface area contributed by atoms with Gasteiger partial charge in [-0.1, -0.05) is 56.2 Å². The van der Waals surface area contributed by atoms with Gasteiger partial charge < -0.3 is 4.42 Å². The summed E-state index contributed by atoms with van der Waals surface area (Å²) in [7, 11) is 0. The molecule has 0 saturated carbocycles. The zero-order valence-electron chi connectivity index (χ0n) is 17.4. The number of carbonyl (C=O) groups is 2. The minimum Gasteiger partial charge on any atom is -0.421 e. The zero-order chi connectivity index (χ0) is 20.5. The molecule has 6 nitrogen and oxygen atoms in total. The summed E-state index contributed by atoms with van der Waals surface area (Å²) >= 11 is 0. The second-order valence-corrected chi connectivity index (χ2v) is 7.88. The minimum absolute atomic E-state index is 0.00207. The third kappa shape index (κ3) is 6.51. The molecule has 6 heteroatoms. The van der Waals surface area contributed by atoms with E-state index in [9.17, 15) is 9.59 Å². The fourth-order valence-corrected chi connectivity index (χ4v) is 3.65. The molecule has 2 amide bonds. The van der Waals surface area contributed by atoms with E-state index in [1.807, 2.05) is 24.3 Å². The van der Waals surface area contributed by atoms with E-state index in [-0.39, 0.29) is 11.8 Å². The van der Waals surface area contributed by atoms with E-state index < -0.39 is 0 Å². The molecule has 0 aliphatic carbocycles. The Morgan fingerprint density at radius 2 is 1.41 bits per heavy atom. The summed E-state index contributed by atoms with van der Waals surface area (Å²) in [5.41, 5.74) is 2.18. The summed E-state index contributed by atoms with van der Waals surface area (Å²) in [5, 5.41) is 8.31. The standard InChI is InChI=1S/C23H31N3O3/c1-18-11-13-19(14-12-18)23-25-24-20(29-23)10-8-6-4-2-3-5-7-9-17-26-21(27)15-16-22(26)28/h11-14H,2-10,15-17H2,1H3. The van der Waals surface area contributed by atoms with Crippen LogP contribution in [0.4, 0.5) is 0 Å². The van der Waals surface area contributed by atoms with Gasteiger partial charge in [0.2, 0.25) is 23.6 Å². The van der Waals surface area contributed by atoms with Crippen LogP contribution in [0.1, 0.15) is 75.7 Å². The van der Waals surface area contributed by atoms with E-state index in [0.717, 1.165) is 31.2 Å². The Bertz CT molecular complexity index is 782. The maximum Gasteiger partial charge on any atom is 0.247 e. The summed E-state index contributed by atoms with van der Waals surface area (Å²) in [6.45, 7) is 2.66. The smallest absolute Gasteiger partial charge is 0.247 e. The van der Waals surface area contributed by atoms with Crippen LogP contribution in [-0.4, -0.2) is 33.5 Å². The van der Waals surface area contributed by atoms with Crippen molar-refractivity contribution in [1.82, 2.24) is 15.1 Å². The number of likely N-dealkylation sites (tertiary alicyclic amines) is 1. The number of aryl methyl sites for hydroxylation is 2. The van der Waals surface area contributed by atoms with Gasteiger partial charge in [-0.2, -0.15) is 0 Å². The SMILES string of the molecule is Cc1ccc(-c2nnc(CCCCCCCCCCN3C(=O)CCC3=O)o2)cc1. The fraction of sp³-hybridized carbons (Fsp3) is 0.565. The highest BCUT2D eigenvalue weighted by Gasteiger charge is 2.27. The topological polar surface area (TPSA) is 76.3 Å². The fourth-order valence-electron chi connectivity index (χ4n) is 3.65. The average molecular weight is 398 g/mol. The van der Waals surface area contributed by atoms with Crippen LogP contribution in [-0.2, 0) is 16.0 Å². The largest absolute Gasteiger partial charge is 0.421 e. The molecule has 1 aromatic heterocycles. The van der Waals surface area contributed by atoms with Crippen LogP contribution < -0.4 is 0 Å². The highest BCUT2D eigenvalue weighted by molar-refractivity contribution is 6.01. The van der Waals surface area contributed by atoms with Crippen molar-refractivity contribution >= 4 is 11.8 Å². The van der Waals surface area contributed by atoms with Gasteiger partial charge in [0.1, 0.15) is 0 Å². The van der Waals surface area contributed by atoms with Gasteiger partial charge in [0.25, 0.3) is 0 Å². The molecule has 0 spiro atoms. The molecule has 2 aromatic rings. The number of nitrogens with zero attached hydrogens (tertiary/aromatic N) is 3. The lowest BCUT2D eigenvalue weighted by atomic mass is 10.1. The molecule has 1 aliphatic heterocycles. The monoisotopic (exact) mass is 397 g/mol.